The van der Waals surface area contributed by atoms with Crippen molar-refractivity contribution >= 4 is 0 Å². The number of phenols is 1. The Labute approximate surface area is 157 Å². The number of hydrogen-bond acceptors (Lipinski definition) is 4. The van der Waals surface area contributed by atoms with E-state index >= 15 is 0 Å². The molecule has 0 spiro atoms. The molecule has 0 aliphatic heterocycles. The van der Waals surface area contributed by atoms with Crippen molar-refractivity contribution in [1.82, 2.24) is 5.16 Å². The smallest absolute Gasteiger partial charge is 0.141 e. The van der Waals surface area contributed by atoms with Gasteiger partial charge in [-0.15, -0.1) is 0 Å². The third kappa shape index (κ3) is 4.18. The van der Waals surface area contributed by atoms with Gasteiger partial charge in [0.25, 0.3) is 0 Å². The molecule has 4 heteroatoms. The second-order valence-corrected chi connectivity index (χ2v) is 6.28. The molecule has 0 saturated carbocycles. The maximum absolute atomic E-state index is 9.88. The van der Waals surface area contributed by atoms with Crippen LogP contribution < -0.4 is 4.74 Å². The second kappa shape index (κ2) is 7.79. The molecular weight excluding hydrogens is 338 g/mol. The number of aromatic nitrogens is 1. The Morgan fingerprint density at radius 3 is 2.37 bits per heavy atom. The van der Waals surface area contributed by atoms with Gasteiger partial charge in [-0.3, -0.25) is 0 Å². The van der Waals surface area contributed by atoms with E-state index in [1.54, 1.807) is 12.1 Å². The molecule has 0 bridgehead atoms. The standard InChI is InChI=1S/C23H19NO3/c25-23-9-5-4-8-19(23)14-21-15-22(24-27-21)18-10-12-20(13-11-18)26-16-17-6-2-1-3-7-17/h1-13,15,25H,14,16H2. The first-order chi connectivity index (χ1) is 13.3. The monoisotopic (exact) mass is 357 g/mol. The Bertz CT molecular complexity index is 1010. The number of aromatic hydroxyl groups is 1. The van der Waals surface area contributed by atoms with Crippen LogP contribution in [-0.4, -0.2) is 10.3 Å². The van der Waals surface area contributed by atoms with Crippen LogP contribution in [0.4, 0.5) is 0 Å². The van der Waals surface area contributed by atoms with Gasteiger partial charge in [-0.2, -0.15) is 0 Å². The minimum atomic E-state index is 0.260. The Morgan fingerprint density at radius 1 is 0.852 bits per heavy atom. The molecule has 4 aromatic rings. The molecule has 134 valence electrons. The lowest BCUT2D eigenvalue weighted by Gasteiger charge is -2.06. The summed E-state index contributed by atoms with van der Waals surface area (Å²) in [6, 6.07) is 27.0. The summed E-state index contributed by atoms with van der Waals surface area (Å²) >= 11 is 0. The number of hydrogen-bond donors (Lipinski definition) is 1. The highest BCUT2D eigenvalue weighted by Crippen LogP contribution is 2.25. The summed E-state index contributed by atoms with van der Waals surface area (Å²) in [5.41, 5.74) is 3.65. The molecule has 0 aliphatic carbocycles. The summed E-state index contributed by atoms with van der Waals surface area (Å²) < 4.78 is 11.2. The minimum Gasteiger partial charge on any atom is -0.508 e. The highest BCUT2D eigenvalue weighted by molar-refractivity contribution is 5.60. The summed E-state index contributed by atoms with van der Waals surface area (Å²) in [5.74, 6) is 1.77. The Kier molecular flexibility index (Phi) is 4.88. The molecule has 1 N–H and O–H groups in total. The lowest BCUT2D eigenvalue weighted by Crippen LogP contribution is -1.94. The Morgan fingerprint density at radius 2 is 1.59 bits per heavy atom. The van der Waals surface area contributed by atoms with Gasteiger partial charge in [0.15, 0.2) is 0 Å². The minimum absolute atomic E-state index is 0.260. The van der Waals surface area contributed by atoms with Gasteiger partial charge in [0.1, 0.15) is 29.6 Å². The highest BCUT2D eigenvalue weighted by atomic mass is 16.5. The highest BCUT2D eigenvalue weighted by Gasteiger charge is 2.09. The van der Waals surface area contributed by atoms with E-state index in [9.17, 15) is 5.11 Å². The number of benzene rings is 3. The largest absolute Gasteiger partial charge is 0.508 e. The van der Waals surface area contributed by atoms with Crippen molar-refractivity contribution in [3.05, 3.63) is 102 Å². The van der Waals surface area contributed by atoms with Crippen LogP contribution in [0.3, 0.4) is 0 Å². The van der Waals surface area contributed by atoms with E-state index in [1.807, 2.05) is 72.8 Å². The van der Waals surface area contributed by atoms with Gasteiger partial charge in [-0.25, -0.2) is 0 Å². The maximum atomic E-state index is 9.88. The molecule has 0 atom stereocenters. The van der Waals surface area contributed by atoms with E-state index in [2.05, 4.69) is 5.16 Å². The van der Waals surface area contributed by atoms with Crippen molar-refractivity contribution in [3.8, 4) is 22.8 Å². The topological polar surface area (TPSA) is 55.5 Å². The number of phenolic OH excluding ortho intramolecular Hbond substituents is 1. The fourth-order valence-electron chi connectivity index (χ4n) is 2.84. The van der Waals surface area contributed by atoms with E-state index in [0.717, 1.165) is 28.1 Å². The van der Waals surface area contributed by atoms with Gasteiger partial charge in [0.05, 0.1) is 0 Å². The summed E-state index contributed by atoms with van der Waals surface area (Å²) in [6.07, 6.45) is 0.498. The molecular formula is C23H19NO3. The van der Waals surface area contributed by atoms with Crippen molar-refractivity contribution < 1.29 is 14.4 Å². The molecule has 0 unspecified atom stereocenters. The first-order valence-electron chi connectivity index (χ1n) is 8.77. The normalized spacial score (nSPS) is 10.7. The molecule has 4 nitrogen and oxygen atoms in total. The van der Waals surface area contributed by atoms with Gasteiger partial charge in [-0.1, -0.05) is 53.7 Å². The lowest BCUT2D eigenvalue weighted by atomic mass is 10.1. The maximum Gasteiger partial charge on any atom is 0.141 e. The molecule has 3 aromatic carbocycles. The van der Waals surface area contributed by atoms with Crippen LogP contribution in [0.5, 0.6) is 11.5 Å². The van der Waals surface area contributed by atoms with Crippen molar-refractivity contribution in [2.45, 2.75) is 13.0 Å². The van der Waals surface area contributed by atoms with Crippen molar-refractivity contribution in [1.29, 1.82) is 0 Å². The second-order valence-electron chi connectivity index (χ2n) is 6.28. The first-order valence-corrected chi connectivity index (χ1v) is 8.77. The third-order valence-electron chi connectivity index (χ3n) is 4.31. The van der Waals surface area contributed by atoms with Gasteiger partial charge < -0.3 is 14.4 Å². The zero-order valence-electron chi connectivity index (χ0n) is 14.7. The van der Waals surface area contributed by atoms with Crippen molar-refractivity contribution in [3.63, 3.8) is 0 Å². The third-order valence-corrected chi connectivity index (χ3v) is 4.31. The van der Waals surface area contributed by atoms with Gasteiger partial charge in [0, 0.05) is 23.6 Å². The van der Waals surface area contributed by atoms with E-state index in [0.29, 0.717) is 18.8 Å². The Hall–Kier alpha value is -3.53. The predicted molar refractivity (Wildman–Crippen MR) is 104 cm³/mol. The van der Waals surface area contributed by atoms with Crippen LogP contribution >= 0.6 is 0 Å². The van der Waals surface area contributed by atoms with Crippen LogP contribution in [0.25, 0.3) is 11.3 Å². The summed E-state index contributed by atoms with van der Waals surface area (Å²) in [7, 11) is 0. The fourth-order valence-corrected chi connectivity index (χ4v) is 2.84. The number of ether oxygens (including phenoxy) is 1. The van der Waals surface area contributed by atoms with Crippen LogP contribution in [-0.2, 0) is 13.0 Å². The average Bonchev–Trinajstić information content (AvgIpc) is 3.18. The van der Waals surface area contributed by atoms with Gasteiger partial charge in [-0.05, 0) is 35.9 Å². The molecule has 1 heterocycles. The first kappa shape index (κ1) is 16.9. The lowest BCUT2D eigenvalue weighted by molar-refractivity contribution is 0.306. The molecule has 0 saturated heterocycles. The summed E-state index contributed by atoms with van der Waals surface area (Å²) in [5, 5.41) is 14.0. The number of para-hydroxylation sites is 1. The Balaban J connectivity index is 1.42. The average molecular weight is 357 g/mol. The quantitative estimate of drug-likeness (QED) is 0.514. The molecule has 1 aromatic heterocycles. The van der Waals surface area contributed by atoms with Gasteiger partial charge in [0.2, 0.25) is 0 Å². The van der Waals surface area contributed by atoms with E-state index < -0.39 is 0 Å². The SMILES string of the molecule is Oc1ccccc1Cc1cc(-c2ccc(OCc3ccccc3)cc2)no1. The van der Waals surface area contributed by atoms with Crippen LogP contribution in [0, 0.1) is 0 Å². The van der Waals surface area contributed by atoms with Crippen LogP contribution in [0.15, 0.2) is 89.5 Å². The number of rotatable bonds is 6. The van der Waals surface area contributed by atoms with E-state index in [-0.39, 0.29) is 5.75 Å². The van der Waals surface area contributed by atoms with E-state index in [1.165, 1.54) is 0 Å². The molecule has 0 amide bonds. The van der Waals surface area contributed by atoms with Gasteiger partial charge >= 0.3 is 0 Å². The zero-order chi connectivity index (χ0) is 18.5. The summed E-state index contributed by atoms with van der Waals surface area (Å²) in [4.78, 5) is 0. The van der Waals surface area contributed by atoms with Crippen molar-refractivity contribution in [2.75, 3.05) is 0 Å². The zero-order valence-corrected chi connectivity index (χ0v) is 14.7. The van der Waals surface area contributed by atoms with E-state index in [4.69, 9.17) is 9.26 Å². The summed E-state index contributed by atoms with van der Waals surface area (Å²) in [6.45, 7) is 0.537. The molecule has 0 radical (unpaired) electrons. The van der Waals surface area contributed by atoms with Crippen LogP contribution in [0.1, 0.15) is 16.9 Å². The molecule has 0 fully saturated rings. The molecule has 0 aliphatic rings. The molecule has 27 heavy (non-hydrogen) atoms. The number of nitrogens with zero attached hydrogens (tertiary/aromatic N) is 1. The predicted octanol–water partition coefficient (Wildman–Crippen LogP) is 5.22. The van der Waals surface area contributed by atoms with Crippen LogP contribution in [0.2, 0.25) is 0 Å². The fraction of sp³-hybridized carbons (Fsp3) is 0.0870. The molecule has 4 rings (SSSR count). The van der Waals surface area contributed by atoms with Crippen molar-refractivity contribution in [2.24, 2.45) is 0 Å².